The van der Waals surface area contributed by atoms with Crippen molar-refractivity contribution in [3.8, 4) is 0 Å². The van der Waals surface area contributed by atoms with Crippen LogP contribution in [-0.2, 0) is 6.42 Å². The molecule has 2 N–H and O–H groups in total. The van der Waals surface area contributed by atoms with Gasteiger partial charge in [-0.3, -0.25) is 9.89 Å². The van der Waals surface area contributed by atoms with E-state index < -0.39 is 0 Å². The predicted molar refractivity (Wildman–Crippen MR) is 40.5 cm³/mol. The lowest BCUT2D eigenvalue weighted by molar-refractivity contribution is 0.846. The number of aryl methyl sites for hydroxylation is 1. The van der Waals surface area contributed by atoms with E-state index in [0.29, 0.717) is 0 Å². The smallest absolute Gasteiger partial charge is 0.277 e. The highest BCUT2D eigenvalue weighted by molar-refractivity contribution is 7.99. The molecule has 0 fully saturated rings. The quantitative estimate of drug-likeness (QED) is 0.582. The Morgan fingerprint density at radius 3 is 3.10 bits per heavy atom. The number of hydrogen-bond acceptors (Lipinski definition) is 2. The molecule has 1 aromatic rings. The fraction of sp³-hybridized carbons (Fsp3) is 0.500. The number of H-pyrrole nitrogens is 2. The van der Waals surface area contributed by atoms with Crippen LogP contribution >= 0.6 is 11.8 Å². The number of nitrogens with one attached hydrogen (secondary N) is 2. The molecule has 10 heavy (non-hydrogen) atoms. The van der Waals surface area contributed by atoms with E-state index >= 15 is 0 Å². The number of aromatic amines is 2. The third kappa shape index (κ3) is 0.794. The van der Waals surface area contributed by atoms with Crippen molar-refractivity contribution >= 4 is 11.8 Å². The zero-order chi connectivity index (χ0) is 6.97. The molecule has 1 aliphatic heterocycles. The molecule has 0 aromatic carbocycles. The van der Waals surface area contributed by atoms with Crippen molar-refractivity contribution in [2.45, 2.75) is 17.7 Å². The van der Waals surface area contributed by atoms with Crippen molar-refractivity contribution in [2.75, 3.05) is 5.75 Å². The molecule has 0 saturated carbocycles. The van der Waals surface area contributed by atoms with Gasteiger partial charge in [-0.05, 0) is 18.6 Å². The van der Waals surface area contributed by atoms with Gasteiger partial charge in [-0.15, -0.1) is 11.8 Å². The highest BCUT2D eigenvalue weighted by atomic mass is 32.2. The van der Waals surface area contributed by atoms with Crippen molar-refractivity contribution in [2.24, 2.45) is 0 Å². The third-order valence-electron chi connectivity index (χ3n) is 1.62. The molecule has 0 atom stereocenters. The normalized spacial score (nSPS) is 16.8. The summed E-state index contributed by atoms with van der Waals surface area (Å²) < 4.78 is 0. The fourth-order valence-corrected chi connectivity index (χ4v) is 2.14. The lowest BCUT2D eigenvalue weighted by Gasteiger charge is -2.06. The summed E-state index contributed by atoms with van der Waals surface area (Å²) in [5.74, 6) is 1.08. The number of thioether (sulfide) groups is 1. The topological polar surface area (TPSA) is 48.6 Å². The van der Waals surface area contributed by atoms with Gasteiger partial charge in [0.25, 0.3) is 5.56 Å². The summed E-state index contributed by atoms with van der Waals surface area (Å²) in [5.41, 5.74) is 1.13. The summed E-state index contributed by atoms with van der Waals surface area (Å²) in [6.45, 7) is 0. The molecule has 0 spiro atoms. The van der Waals surface area contributed by atoms with E-state index in [1.165, 1.54) is 6.42 Å². The van der Waals surface area contributed by atoms with Crippen LogP contribution in [0.4, 0.5) is 0 Å². The van der Waals surface area contributed by atoms with Crippen LogP contribution in [0, 0.1) is 0 Å². The molecule has 0 unspecified atom stereocenters. The molecule has 0 aliphatic carbocycles. The molecule has 4 heteroatoms. The van der Waals surface area contributed by atoms with Crippen LogP contribution in [0.25, 0.3) is 0 Å². The van der Waals surface area contributed by atoms with E-state index in [2.05, 4.69) is 10.2 Å². The van der Waals surface area contributed by atoms with Crippen LogP contribution in [0.3, 0.4) is 0 Å². The average molecular weight is 156 g/mol. The molecule has 0 amide bonds. The lowest BCUT2D eigenvalue weighted by Crippen LogP contribution is -2.04. The van der Waals surface area contributed by atoms with Crippen molar-refractivity contribution < 1.29 is 0 Å². The molecule has 2 heterocycles. The Balaban J connectivity index is 2.55. The van der Waals surface area contributed by atoms with E-state index in [0.717, 1.165) is 22.8 Å². The first-order valence-electron chi connectivity index (χ1n) is 3.30. The zero-order valence-electron chi connectivity index (χ0n) is 5.44. The summed E-state index contributed by atoms with van der Waals surface area (Å²) >= 11 is 1.65. The molecule has 54 valence electrons. The number of aromatic nitrogens is 2. The molecule has 0 bridgehead atoms. The summed E-state index contributed by atoms with van der Waals surface area (Å²) in [5, 5.41) is 5.45. The van der Waals surface area contributed by atoms with E-state index in [1.54, 1.807) is 11.8 Å². The predicted octanol–water partition coefficient (Wildman–Crippen LogP) is 0.741. The van der Waals surface area contributed by atoms with Gasteiger partial charge in [-0.1, -0.05) is 0 Å². The molecule has 3 nitrogen and oxygen atoms in total. The van der Waals surface area contributed by atoms with Gasteiger partial charge < -0.3 is 5.10 Å². The second kappa shape index (κ2) is 2.20. The standard InChI is InChI=1S/C6H8N2OS/c9-6-5-4(7-8-6)2-1-3-10-5/h1-3H2,(H2,7,8,9). The van der Waals surface area contributed by atoms with Gasteiger partial charge in [-0.2, -0.15) is 0 Å². The lowest BCUT2D eigenvalue weighted by atomic mass is 10.2. The highest BCUT2D eigenvalue weighted by Crippen LogP contribution is 2.24. The van der Waals surface area contributed by atoms with Crippen molar-refractivity contribution in [3.63, 3.8) is 0 Å². The SMILES string of the molecule is O=c1[nH][nH]c2c1SCCC2. The van der Waals surface area contributed by atoms with Gasteiger partial charge >= 0.3 is 0 Å². The second-order valence-corrected chi connectivity index (χ2v) is 3.44. The Morgan fingerprint density at radius 2 is 2.30 bits per heavy atom. The zero-order valence-corrected chi connectivity index (χ0v) is 6.25. The molecular weight excluding hydrogens is 148 g/mol. The van der Waals surface area contributed by atoms with E-state index in [-0.39, 0.29) is 5.56 Å². The number of hydrogen-bond donors (Lipinski definition) is 2. The van der Waals surface area contributed by atoms with E-state index in [9.17, 15) is 4.79 Å². The molecular formula is C6H8N2OS. The molecule has 0 radical (unpaired) electrons. The first-order valence-corrected chi connectivity index (χ1v) is 4.29. The molecule has 2 rings (SSSR count). The monoisotopic (exact) mass is 156 g/mol. The summed E-state index contributed by atoms with van der Waals surface area (Å²) in [6, 6.07) is 0. The molecule has 1 aromatic heterocycles. The summed E-state index contributed by atoms with van der Waals surface area (Å²) in [4.78, 5) is 11.9. The van der Waals surface area contributed by atoms with Crippen LogP contribution in [0.15, 0.2) is 9.69 Å². The Labute approximate surface area is 62.2 Å². The van der Waals surface area contributed by atoms with Gasteiger partial charge in [0, 0.05) is 0 Å². The first-order chi connectivity index (χ1) is 4.88. The van der Waals surface area contributed by atoms with E-state index in [4.69, 9.17) is 0 Å². The number of rotatable bonds is 0. The fourth-order valence-electron chi connectivity index (χ4n) is 1.13. The largest absolute Gasteiger partial charge is 0.301 e. The van der Waals surface area contributed by atoms with Gasteiger partial charge in [-0.25, -0.2) is 0 Å². The Bertz CT molecular complexity index is 288. The van der Waals surface area contributed by atoms with Gasteiger partial charge in [0.05, 0.1) is 10.6 Å². The maximum atomic E-state index is 11.0. The minimum atomic E-state index is 0.0414. The van der Waals surface area contributed by atoms with E-state index in [1.807, 2.05) is 0 Å². The maximum Gasteiger partial charge on any atom is 0.277 e. The van der Waals surface area contributed by atoms with Gasteiger partial charge in [0.15, 0.2) is 0 Å². The van der Waals surface area contributed by atoms with Crippen LogP contribution in [0.1, 0.15) is 12.1 Å². The minimum Gasteiger partial charge on any atom is -0.301 e. The summed E-state index contributed by atoms with van der Waals surface area (Å²) in [6.07, 6.45) is 2.19. The first kappa shape index (κ1) is 6.09. The third-order valence-corrected chi connectivity index (χ3v) is 2.84. The maximum absolute atomic E-state index is 11.0. The van der Waals surface area contributed by atoms with Crippen molar-refractivity contribution in [1.82, 2.24) is 10.2 Å². The summed E-state index contributed by atoms with van der Waals surface area (Å²) in [7, 11) is 0. The number of fused-ring (bicyclic) bond motifs is 1. The second-order valence-electron chi connectivity index (χ2n) is 2.34. The van der Waals surface area contributed by atoms with Gasteiger partial charge in [0.1, 0.15) is 0 Å². The molecule has 1 aliphatic rings. The van der Waals surface area contributed by atoms with Gasteiger partial charge in [0.2, 0.25) is 0 Å². The van der Waals surface area contributed by atoms with Crippen molar-refractivity contribution in [1.29, 1.82) is 0 Å². The Hall–Kier alpha value is -0.640. The van der Waals surface area contributed by atoms with Crippen LogP contribution < -0.4 is 5.56 Å². The van der Waals surface area contributed by atoms with Crippen LogP contribution in [0.2, 0.25) is 0 Å². The Morgan fingerprint density at radius 1 is 1.40 bits per heavy atom. The highest BCUT2D eigenvalue weighted by Gasteiger charge is 2.13. The van der Waals surface area contributed by atoms with Crippen molar-refractivity contribution in [3.05, 3.63) is 16.0 Å². The van der Waals surface area contributed by atoms with Crippen LogP contribution in [-0.4, -0.2) is 16.0 Å². The Kier molecular flexibility index (Phi) is 1.34. The average Bonchev–Trinajstić information content (AvgIpc) is 2.34. The minimum absolute atomic E-state index is 0.0414. The molecule has 0 saturated heterocycles. The van der Waals surface area contributed by atoms with Crippen LogP contribution in [0.5, 0.6) is 0 Å².